The van der Waals surface area contributed by atoms with E-state index < -0.39 is 0 Å². The van der Waals surface area contributed by atoms with Crippen molar-refractivity contribution >= 4 is 34.5 Å². The van der Waals surface area contributed by atoms with Gasteiger partial charge in [0.1, 0.15) is 17.4 Å². The van der Waals surface area contributed by atoms with Crippen molar-refractivity contribution in [2.45, 2.75) is 33.4 Å². The predicted molar refractivity (Wildman–Crippen MR) is 119 cm³/mol. The van der Waals surface area contributed by atoms with Gasteiger partial charge in [0.2, 0.25) is 5.91 Å². The van der Waals surface area contributed by atoms with Gasteiger partial charge in [0.15, 0.2) is 0 Å². The highest BCUT2D eigenvalue weighted by molar-refractivity contribution is 7.09. The summed E-state index contributed by atoms with van der Waals surface area (Å²) in [6.07, 6.45) is 0.374. The van der Waals surface area contributed by atoms with E-state index >= 15 is 0 Å². The van der Waals surface area contributed by atoms with E-state index in [4.69, 9.17) is 16.3 Å². The van der Waals surface area contributed by atoms with Gasteiger partial charge in [-0.05, 0) is 43.7 Å². The second-order valence-electron chi connectivity index (χ2n) is 6.72. The van der Waals surface area contributed by atoms with Crippen LogP contribution in [0.5, 0.6) is 5.75 Å². The number of halogens is 1. The molecule has 3 rings (SSSR count). The fourth-order valence-corrected chi connectivity index (χ4v) is 3.53. The van der Waals surface area contributed by atoms with Gasteiger partial charge >= 0.3 is 0 Å². The highest BCUT2D eigenvalue weighted by Gasteiger charge is 2.07. The Balaban J connectivity index is 1.37. The lowest BCUT2D eigenvalue weighted by molar-refractivity contribution is -0.116. The number of hydrogen-bond donors (Lipinski definition) is 2. The Hall–Kier alpha value is -2.41. The minimum Gasteiger partial charge on any atom is -0.486 e. The van der Waals surface area contributed by atoms with Crippen LogP contribution in [-0.2, 0) is 17.9 Å². The molecule has 0 unspecified atom stereocenters. The highest BCUT2D eigenvalue weighted by Crippen LogP contribution is 2.23. The number of rotatable bonds is 9. The predicted octanol–water partition coefficient (Wildman–Crippen LogP) is 5.11. The third kappa shape index (κ3) is 6.56. The van der Waals surface area contributed by atoms with Gasteiger partial charge in [-0.2, -0.15) is 0 Å². The maximum Gasteiger partial charge on any atom is 0.225 e. The summed E-state index contributed by atoms with van der Waals surface area (Å²) >= 11 is 7.65. The summed E-state index contributed by atoms with van der Waals surface area (Å²) in [4.78, 5) is 16.7. The summed E-state index contributed by atoms with van der Waals surface area (Å²) in [5, 5.41) is 9.73. The minimum atomic E-state index is -0.0478. The molecule has 0 aliphatic carbocycles. The van der Waals surface area contributed by atoms with Crippen LogP contribution < -0.4 is 15.4 Å². The van der Waals surface area contributed by atoms with Gasteiger partial charge in [-0.25, -0.2) is 4.98 Å². The first-order valence-electron chi connectivity index (χ1n) is 9.39. The van der Waals surface area contributed by atoms with E-state index in [1.807, 2.05) is 61.7 Å². The third-order valence-electron chi connectivity index (χ3n) is 4.36. The number of nitrogens with one attached hydrogen (secondary N) is 2. The molecule has 0 atom stereocenters. The largest absolute Gasteiger partial charge is 0.486 e. The van der Waals surface area contributed by atoms with E-state index in [2.05, 4.69) is 15.6 Å². The zero-order valence-electron chi connectivity index (χ0n) is 16.5. The van der Waals surface area contributed by atoms with Crippen LogP contribution in [0.15, 0.2) is 47.8 Å². The fraction of sp³-hybridized carbons (Fsp3) is 0.273. The number of amides is 1. The Morgan fingerprint density at radius 1 is 1.17 bits per heavy atom. The van der Waals surface area contributed by atoms with Crippen molar-refractivity contribution in [3.05, 3.63) is 74.7 Å². The van der Waals surface area contributed by atoms with Crippen LogP contribution in [0.25, 0.3) is 0 Å². The molecular weight excluding hydrogens is 406 g/mol. The first-order chi connectivity index (χ1) is 14.0. The molecule has 0 aliphatic rings. The molecule has 7 heteroatoms. The van der Waals surface area contributed by atoms with E-state index in [0.29, 0.717) is 31.1 Å². The summed E-state index contributed by atoms with van der Waals surface area (Å²) in [5.41, 5.74) is 3.78. The average Bonchev–Trinajstić information content (AvgIpc) is 3.16. The fourth-order valence-electron chi connectivity index (χ4n) is 2.65. The van der Waals surface area contributed by atoms with Crippen molar-refractivity contribution in [1.82, 2.24) is 10.3 Å². The molecule has 0 saturated carbocycles. The first-order valence-corrected chi connectivity index (χ1v) is 10.7. The van der Waals surface area contributed by atoms with Crippen molar-refractivity contribution in [2.75, 3.05) is 11.9 Å². The van der Waals surface area contributed by atoms with E-state index in [1.165, 1.54) is 5.56 Å². The van der Waals surface area contributed by atoms with Crippen LogP contribution in [0.3, 0.4) is 0 Å². The quantitative estimate of drug-likeness (QED) is 0.464. The second kappa shape index (κ2) is 10.4. The molecule has 0 bridgehead atoms. The standard InChI is InChI=1S/C22H24ClN3O2S/c1-15-6-8-18(9-7-15)28-13-22-25-17(14-29-22)12-24-11-10-21(27)26-20-5-3-4-19(23)16(20)2/h3-9,14,24H,10-13H2,1-2H3,(H,26,27). The number of hydrogen-bond acceptors (Lipinski definition) is 5. The molecule has 2 N–H and O–H groups in total. The number of thiazole rings is 1. The van der Waals surface area contributed by atoms with Gasteiger partial charge in [-0.15, -0.1) is 11.3 Å². The van der Waals surface area contributed by atoms with Crippen LogP contribution >= 0.6 is 22.9 Å². The van der Waals surface area contributed by atoms with Gasteiger partial charge in [-0.1, -0.05) is 35.4 Å². The Morgan fingerprint density at radius 3 is 2.76 bits per heavy atom. The van der Waals surface area contributed by atoms with Crippen LogP contribution in [0.1, 0.15) is 28.2 Å². The molecule has 1 amide bonds. The summed E-state index contributed by atoms with van der Waals surface area (Å²) < 4.78 is 5.76. The molecule has 0 spiro atoms. The average molecular weight is 430 g/mol. The van der Waals surface area contributed by atoms with Crippen molar-refractivity contribution in [3.63, 3.8) is 0 Å². The monoisotopic (exact) mass is 429 g/mol. The number of ether oxygens (including phenoxy) is 1. The van der Waals surface area contributed by atoms with Gasteiger partial charge in [0.25, 0.3) is 0 Å². The molecule has 29 heavy (non-hydrogen) atoms. The van der Waals surface area contributed by atoms with Crippen molar-refractivity contribution in [3.8, 4) is 5.75 Å². The van der Waals surface area contributed by atoms with E-state index in [1.54, 1.807) is 11.3 Å². The number of aromatic nitrogens is 1. The Kier molecular flexibility index (Phi) is 7.63. The van der Waals surface area contributed by atoms with E-state index in [9.17, 15) is 4.79 Å². The number of aryl methyl sites for hydroxylation is 1. The second-order valence-corrected chi connectivity index (χ2v) is 8.07. The summed E-state index contributed by atoms with van der Waals surface area (Å²) in [6.45, 7) is 5.57. The molecule has 0 fully saturated rings. The lowest BCUT2D eigenvalue weighted by Gasteiger charge is -2.09. The van der Waals surface area contributed by atoms with Crippen molar-refractivity contribution in [1.29, 1.82) is 0 Å². The van der Waals surface area contributed by atoms with Crippen molar-refractivity contribution < 1.29 is 9.53 Å². The molecule has 0 saturated heterocycles. The molecular formula is C22H24ClN3O2S. The molecule has 2 aromatic carbocycles. The molecule has 0 radical (unpaired) electrons. The number of nitrogens with zero attached hydrogens (tertiary/aromatic N) is 1. The van der Waals surface area contributed by atoms with E-state index in [0.717, 1.165) is 27.7 Å². The zero-order chi connectivity index (χ0) is 20.6. The highest BCUT2D eigenvalue weighted by atomic mass is 35.5. The maximum atomic E-state index is 12.1. The zero-order valence-corrected chi connectivity index (χ0v) is 18.1. The van der Waals surface area contributed by atoms with Gasteiger partial charge < -0.3 is 15.4 Å². The molecule has 3 aromatic rings. The number of carbonyl (C=O) groups is 1. The Morgan fingerprint density at radius 2 is 1.97 bits per heavy atom. The first kappa shape index (κ1) is 21.3. The topological polar surface area (TPSA) is 63.2 Å². The number of carbonyl (C=O) groups excluding carboxylic acids is 1. The van der Waals surface area contributed by atoms with Crippen LogP contribution in [0.2, 0.25) is 5.02 Å². The van der Waals surface area contributed by atoms with Gasteiger partial charge in [-0.3, -0.25) is 4.79 Å². The normalized spacial score (nSPS) is 10.7. The van der Waals surface area contributed by atoms with Gasteiger partial charge in [0.05, 0.1) is 5.69 Å². The van der Waals surface area contributed by atoms with Crippen LogP contribution in [0, 0.1) is 13.8 Å². The molecule has 5 nitrogen and oxygen atoms in total. The lowest BCUT2D eigenvalue weighted by atomic mass is 10.2. The maximum absolute atomic E-state index is 12.1. The minimum absolute atomic E-state index is 0.0478. The SMILES string of the molecule is Cc1ccc(OCc2nc(CNCCC(=O)Nc3cccc(Cl)c3C)cs2)cc1. The van der Waals surface area contributed by atoms with Crippen molar-refractivity contribution in [2.24, 2.45) is 0 Å². The Labute approximate surface area is 180 Å². The molecule has 1 heterocycles. The molecule has 1 aromatic heterocycles. The van der Waals surface area contributed by atoms with Crippen LogP contribution in [-0.4, -0.2) is 17.4 Å². The third-order valence-corrected chi connectivity index (χ3v) is 5.64. The van der Waals surface area contributed by atoms with E-state index in [-0.39, 0.29) is 5.91 Å². The lowest BCUT2D eigenvalue weighted by Crippen LogP contribution is -2.22. The number of benzene rings is 2. The Bertz CT molecular complexity index is 957. The smallest absolute Gasteiger partial charge is 0.225 e. The molecule has 0 aliphatic heterocycles. The van der Waals surface area contributed by atoms with Gasteiger partial charge in [0, 0.05) is 35.6 Å². The summed E-state index contributed by atoms with van der Waals surface area (Å²) in [7, 11) is 0. The summed E-state index contributed by atoms with van der Waals surface area (Å²) in [6, 6.07) is 13.4. The van der Waals surface area contributed by atoms with Crippen LogP contribution in [0.4, 0.5) is 5.69 Å². The number of anilines is 1. The summed E-state index contributed by atoms with van der Waals surface area (Å²) in [5.74, 6) is 0.791. The molecule has 152 valence electrons.